The Morgan fingerprint density at radius 1 is 1.10 bits per heavy atom. The topological polar surface area (TPSA) is 46.5 Å². The van der Waals surface area contributed by atoms with Gasteiger partial charge in [-0.15, -0.1) is 0 Å². The maximum absolute atomic E-state index is 13.5. The van der Waals surface area contributed by atoms with Crippen molar-refractivity contribution in [2.75, 3.05) is 6.61 Å². The van der Waals surface area contributed by atoms with E-state index < -0.39 is 11.8 Å². The molecule has 118 valence electrons. The van der Waals surface area contributed by atoms with Gasteiger partial charge in [0.1, 0.15) is 0 Å². The number of hydrogen-bond acceptors (Lipinski definition) is 2. The van der Waals surface area contributed by atoms with Crippen molar-refractivity contribution in [3.63, 3.8) is 0 Å². The zero-order valence-electron chi connectivity index (χ0n) is 12.7. The minimum absolute atomic E-state index is 0.0258. The number of rotatable bonds is 11. The number of aromatic carboxylic acids is 1. The number of carbonyl (C=O) groups is 1. The third-order valence-electron chi connectivity index (χ3n) is 3.43. The Morgan fingerprint density at radius 3 is 2.33 bits per heavy atom. The Morgan fingerprint density at radius 2 is 1.71 bits per heavy atom. The largest absolute Gasteiger partial charge is 0.490 e. The predicted molar refractivity (Wildman–Crippen MR) is 81.5 cm³/mol. The average molecular weight is 296 g/mol. The van der Waals surface area contributed by atoms with Crippen molar-refractivity contribution in [3.05, 3.63) is 29.6 Å². The van der Waals surface area contributed by atoms with Gasteiger partial charge in [-0.1, -0.05) is 51.9 Å². The van der Waals surface area contributed by atoms with Gasteiger partial charge in [-0.3, -0.25) is 0 Å². The summed E-state index contributed by atoms with van der Waals surface area (Å²) in [6.45, 7) is 2.63. The number of halogens is 1. The van der Waals surface area contributed by atoms with Crippen molar-refractivity contribution < 1.29 is 19.0 Å². The van der Waals surface area contributed by atoms with Crippen LogP contribution in [0.1, 0.15) is 68.6 Å². The SMILES string of the molecule is CCCCCCCCCCOc1cc(C(=O)O)ccc1F. The molecule has 21 heavy (non-hydrogen) atoms. The fourth-order valence-corrected chi connectivity index (χ4v) is 2.17. The lowest BCUT2D eigenvalue weighted by Gasteiger charge is -2.08. The molecule has 0 radical (unpaired) electrons. The third kappa shape index (κ3) is 7.11. The van der Waals surface area contributed by atoms with E-state index in [0.29, 0.717) is 6.61 Å². The van der Waals surface area contributed by atoms with Crippen LogP contribution >= 0.6 is 0 Å². The second-order valence-electron chi connectivity index (χ2n) is 5.27. The van der Waals surface area contributed by atoms with Crippen LogP contribution < -0.4 is 4.74 Å². The number of unbranched alkanes of at least 4 members (excludes halogenated alkanes) is 7. The summed E-state index contributed by atoms with van der Waals surface area (Å²) in [5, 5.41) is 8.85. The molecule has 0 bridgehead atoms. The molecule has 1 rings (SSSR count). The molecule has 0 aromatic heterocycles. The molecule has 1 aromatic carbocycles. The number of ether oxygens (including phenoxy) is 1. The predicted octanol–water partition coefficient (Wildman–Crippen LogP) is 5.04. The van der Waals surface area contributed by atoms with Crippen LogP contribution in [0, 0.1) is 5.82 Å². The molecule has 0 amide bonds. The van der Waals surface area contributed by atoms with Crippen LogP contribution in [0.3, 0.4) is 0 Å². The van der Waals surface area contributed by atoms with E-state index in [0.717, 1.165) is 18.9 Å². The van der Waals surface area contributed by atoms with Gasteiger partial charge < -0.3 is 9.84 Å². The molecule has 0 fully saturated rings. The van der Waals surface area contributed by atoms with E-state index in [9.17, 15) is 9.18 Å². The molecule has 0 saturated carbocycles. The molecule has 1 N–H and O–H groups in total. The fourth-order valence-electron chi connectivity index (χ4n) is 2.17. The van der Waals surface area contributed by atoms with Crippen molar-refractivity contribution in [1.29, 1.82) is 0 Å². The van der Waals surface area contributed by atoms with E-state index >= 15 is 0 Å². The first-order chi connectivity index (χ1) is 10.1. The third-order valence-corrected chi connectivity index (χ3v) is 3.43. The van der Waals surface area contributed by atoms with E-state index in [1.165, 1.54) is 50.7 Å². The monoisotopic (exact) mass is 296 g/mol. The molecule has 0 spiro atoms. The Bertz CT molecular complexity index is 432. The molecular formula is C17H25FO3. The standard InChI is InChI=1S/C17H25FO3/c1-2-3-4-5-6-7-8-9-12-21-16-13-14(17(19)20)10-11-15(16)18/h10-11,13H,2-9,12H2,1H3,(H,19,20). The summed E-state index contributed by atoms with van der Waals surface area (Å²) < 4.78 is 18.8. The molecule has 0 aliphatic carbocycles. The summed E-state index contributed by atoms with van der Waals surface area (Å²) in [5.74, 6) is -1.57. The maximum atomic E-state index is 13.5. The highest BCUT2D eigenvalue weighted by molar-refractivity contribution is 5.88. The van der Waals surface area contributed by atoms with Gasteiger partial charge in [-0.25, -0.2) is 9.18 Å². The van der Waals surface area contributed by atoms with Crippen LogP contribution in [-0.2, 0) is 0 Å². The van der Waals surface area contributed by atoms with E-state index in [-0.39, 0.29) is 11.3 Å². The molecule has 0 aliphatic heterocycles. The molecule has 0 aliphatic rings. The van der Waals surface area contributed by atoms with Crippen LogP contribution in [0.2, 0.25) is 0 Å². The number of carboxylic acids is 1. The summed E-state index contributed by atoms with van der Waals surface area (Å²) in [6.07, 6.45) is 9.49. The van der Waals surface area contributed by atoms with Crippen LogP contribution in [0.4, 0.5) is 4.39 Å². The number of hydrogen-bond donors (Lipinski definition) is 1. The Balaban J connectivity index is 2.18. The zero-order valence-corrected chi connectivity index (χ0v) is 12.7. The van der Waals surface area contributed by atoms with Crippen molar-refractivity contribution >= 4 is 5.97 Å². The second kappa shape index (κ2) is 10.2. The zero-order chi connectivity index (χ0) is 15.5. The summed E-state index contributed by atoms with van der Waals surface area (Å²) >= 11 is 0. The highest BCUT2D eigenvalue weighted by Gasteiger charge is 2.09. The second-order valence-corrected chi connectivity index (χ2v) is 5.27. The lowest BCUT2D eigenvalue weighted by atomic mass is 10.1. The first-order valence-electron chi connectivity index (χ1n) is 7.80. The maximum Gasteiger partial charge on any atom is 0.335 e. The van der Waals surface area contributed by atoms with Crippen LogP contribution in [0.5, 0.6) is 5.75 Å². The molecule has 0 atom stereocenters. The molecular weight excluding hydrogens is 271 g/mol. The molecule has 1 aromatic rings. The molecule has 3 nitrogen and oxygen atoms in total. The highest BCUT2D eigenvalue weighted by atomic mass is 19.1. The lowest BCUT2D eigenvalue weighted by molar-refractivity contribution is 0.0696. The van der Waals surface area contributed by atoms with Crippen molar-refractivity contribution in [2.45, 2.75) is 58.3 Å². The summed E-state index contributed by atoms with van der Waals surface area (Å²) in [7, 11) is 0. The lowest BCUT2D eigenvalue weighted by Crippen LogP contribution is -2.02. The van der Waals surface area contributed by atoms with Crippen molar-refractivity contribution in [3.8, 4) is 5.75 Å². The van der Waals surface area contributed by atoms with Gasteiger partial charge in [0.25, 0.3) is 0 Å². The van der Waals surface area contributed by atoms with Gasteiger partial charge in [0, 0.05) is 0 Å². The Kier molecular flexibility index (Phi) is 8.48. The average Bonchev–Trinajstić information content (AvgIpc) is 2.47. The van der Waals surface area contributed by atoms with Crippen LogP contribution in [-0.4, -0.2) is 17.7 Å². The van der Waals surface area contributed by atoms with Crippen LogP contribution in [0.15, 0.2) is 18.2 Å². The summed E-state index contributed by atoms with van der Waals surface area (Å²) in [4.78, 5) is 10.8. The van der Waals surface area contributed by atoms with Gasteiger partial charge >= 0.3 is 5.97 Å². The van der Waals surface area contributed by atoms with Gasteiger partial charge in [0.2, 0.25) is 0 Å². The molecule has 4 heteroatoms. The van der Waals surface area contributed by atoms with E-state index in [1.807, 2.05) is 0 Å². The minimum atomic E-state index is -1.08. The summed E-state index contributed by atoms with van der Waals surface area (Å²) in [5.41, 5.74) is 0.0438. The van der Waals surface area contributed by atoms with Gasteiger partial charge in [-0.2, -0.15) is 0 Å². The number of carboxylic acid groups (broad SMARTS) is 1. The highest BCUT2D eigenvalue weighted by Crippen LogP contribution is 2.19. The van der Waals surface area contributed by atoms with Crippen LogP contribution in [0.25, 0.3) is 0 Å². The van der Waals surface area contributed by atoms with Gasteiger partial charge in [0.15, 0.2) is 11.6 Å². The molecule has 0 heterocycles. The Labute approximate surface area is 126 Å². The minimum Gasteiger partial charge on any atom is -0.490 e. The first-order valence-corrected chi connectivity index (χ1v) is 7.80. The first kappa shape index (κ1) is 17.5. The normalized spacial score (nSPS) is 10.6. The fraction of sp³-hybridized carbons (Fsp3) is 0.588. The summed E-state index contributed by atoms with van der Waals surface area (Å²) in [6, 6.07) is 3.61. The van der Waals surface area contributed by atoms with E-state index in [1.54, 1.807) is 0 Å². The number of benzene rings is 1. The molecule has 0 saturated heterocycles. The van der Waals surface area contributed by atoms with E-state index in [4.69, 9.17) is 9.84 Å². The van der Waals surface area contributed by atoms with Crippen molar-refractivity contribution in [1.82, 2.24) is 0 Å². The smallest absolute Gasteiger partial charge is 0.335 e. The molecule has 0 unspecified atom stereocenters. The van der Waals surface area contributed by atoms with Crippen molar-refractivity contribution in [2.24, 2.45) is 0 Å². The quantitative estimate of drug-likeness (QED) is 0.582. The Hall–Kier alpha value is -1.58. The van der Waals surface area contributed by atoms with Gasteiger partial charge in [0.05, 0.1) is 12.2 Å². The van der Waals surface area contributed by atoms with E-state index in [2.05, 4.69) is 6.92 Å². The van der Waals surface area contributed by atoms with Gasteiger partial charge in [-0.05, 0) is 24.6 Å².